The van der Waals surface area contributed by atoms with Crippen LogP contribution < -0.4 is 38.1 Å². The van der Waals surface area contributed by atoms with Crippen molar-refractivity contribution < 1.29 is 0 Å². The molecular weight excluding hydrogens is 366 g/mol. The molecule has 2 aliphatic rings. The lowest BCUT2D eigenvalue weighted by atomic mass is 10.0. The van der Waals surface area contributed by atoms with Crippen LogP contribution >= 0.6 is 0 Å². The van der Waals surface area contributed by atoms with Crippen LogP contribution in [-0.2, 0) is 0 Å². The van der Waals surface area contributed by atoms with Gasteiger partial charge in [0.2, 0.25) is 5.95 Å². The standard InChI is InChI=1S/C20H31N9/c21-13-6-14(22)10-28(9-13)19-8-18(25-17-4-2-1-3-5-17)26-20(27-19)29-11-15(23)7-16(24)12-29/h1-5,8,13-16H,6-7,9-12,21-24H2,(H,25,26,27). The number of benzene rings is 1. The molecule has 2 aromatic rings. The second-order valence-corrected chi connectivity index (χ2v) is 8.22. The Morgan fingerprint density at radius 2 is 1.31 bits per heavy atom. The second kappa shape index (κ2) is 8.50. The Hall–Kier alpha value is -2.46. The van der Waals surface area contributed by atoms with Gasteiger partial charge in [0.05, 0.1) is 0 Å². The van der Waals surface area contributed by atoms with Crippen LogP contribution in [-0.4, -0.2) is 60.3 Å². The molecule has 0 radical (unpaired) electrons. The van der Waals surface area contributed by atoms with E-state index < -0.39 is 0 Å². The van der Waals surface area contributed by atoms with Crippen LogP contribution in [0.2, 0.25) is 0 Å². The Balaban J connectivity index is 1.67. The van der Waals surface area contributed by atoms with Gasteiger partial charge in [-0.2, -0.15) is 9.97 Å². The topological polar surface area (TPSA) is 148 Å². The molecular formula is C20H31N9. The van der Waals surface area contributed by atoms with Gasteiger partial charge in [0.1, 0.15) is 11.6 Å². The third kappa shape index (κ3) is 4.94. The predicted octanol–water partition coefficient (Wildman–Crippen LogP) is -0.0504. The van der Waals surface area contributed by atoms with E-state index in [0.717, 1.165) is 30.2 Å². The highest BCUT2D eigenvalue weighted by Gasteiger charge is 2.28. The zero-order valence-electron chi connectivity index (χ0n) is 16.6. The maximum atomic E-state index is 6.21. The van der Waals surface area contributed by atoms with Crippen LogP contribution in [0.1, 0.15) is 12.8 Å². The molecule has 3 heterocycles. The molecule has 4 unspecified atom stereocenters. The molecule has 0 spiro atoms. The van der Waals surface area contributed by atoms with E-state index in [1.54, 1.807) is 0 Å². The van der Waals surface area contributed by atoms with Crippen LogP contribution in [0.15, 0.2) is 36.4 Å². The number of hydrogen-bond acceptors (Lipinski definition) is 9. The van der Waals surface area contributed by atoms with Gasteiger partial charge in [-0.05, 0) is 25.0 Å². The van der Waals surface area contributed by atoms with Crippen molar-refractivity contribution in [2.24, 2.45) is 22.9 Å². The summed E-state index contributed by atoms with van der Waals surface area (Å²) >= 11 is 0. The Labute approximate surface area is 171 Å². The van der Waals surface area contributed by atoms with Crippen LogP contribution in [0.25, 0.3) is 0 Å². The lowest BCUT2D eigenvalue weighted by molar-refractivity contribution is 0.443. The third-order valence-electron chi connectivity index (χ3n) is 5.38. The molecule has 9 nitrogen and oxygen atoms in total. The fraction of sp³-hybridized carbons (Fsp3) is 0.500. The molecule has 4 rings (SSSR count). The zero-order valence-corrected chi connectivity index (χ0v) is 16.6. The van der Waals surface area contributed by atoms with Crippen molar-refractivity contribution in [3.05, 3.63) is 36.4 Å². The molecule has 29 heavy (non-hydrogen) atoms. The molecule has 0 amide bonds. The van der Waals surface area contributed by atoms with Crippen molar-refractivity contribution in [3.8, 4) is 0 Å². The van der Waals surface area contributed by atoms with E-state index in [1.807, 2.05) is 36.4 Å². The van der Waals surface area contributed by atoms with Crippen molar-refractivity contribution in [2.45, 2.75) is 37.0 Å². The smallest absolute Gasteiger partial charge is 0.229 e. The van der Waals surface area contributed by atoms with E-state index in [9.17, 15) is 0 Å². The molecule has 1 aromatic carbocycles. The first kappa shape index (κ1) is 19.8. The summed E-state index contributed by atoms with van der Waals surface area (Å²) in [6.45, 7) is 2.80. The highest BCUT2D eigenvalue weighted by atomic mass is 15.3. The summed E-state index contributed by atoms with van der Waals surface area (Å²) < 4.78 is 0. The lowest BCUT2D eigenvalue weighted by Crippen LogP contribution is -2.53. The number of aromatic nitrogens is 2. The first-order valence-corrected chi connectivity index (χ1v) is 10.2. The van der Waals surface area contributed by atoms with E-state index in [2.05, 4.69) is 15.1 Å². The van der Waals surface area contributed by atoms with Crippen LogP contribution in [0, 0.1) is 0 Å². The summed E-state index contributed by atoms with van der Waals surface area (Å²) in [5.74, 6) is 2.16. The molecule has 156 valence electrons. The van der Waals surface area contributed by atoms with E-state index in [-0.39, 0.29) is 24.2 Å². The summed E-state index contributed by atoms with van der Waals surface area (Å²) in [6, 6.07) is 12.0. The number of para-hydroxylation sites is 1. The Morgan fingerprint density at radius 3 is 1.90 bits per heavy atom. The monoisotopic (exact) mass is 397 g/mol. The maximum Gasteiger partial charge on any atom is 0.229 e. The number of anilines is 4. The number of nitrogens with two attached hydrogens (primary N) is 4. The van der Waals surface area contributed by atoms with Crippen LogP contribution in [0.4, 0.5) is 23.3 Å². The fourth-order valence-corrected chi connectivity index (χ4v) is 4.17. The normalized spacial score (nSPS) is 27.7. The Bertz CT molecular complexity index is 751. The number of piperidine rings is 2. The molecule has 9 heteroatoms. The van der Waals surface area contributed by atoms with E-state index in [0.29, 0.717) is 32.1 Å². The first-order valence-electron chi connectivity index (χ1n) is 10.2. The van der Waals surface area contributed by atoms with Gasteiger partial charge in [-0.15, -0.1) is 0 Å². The molecule has 0 bridgehead atoms. The number of nitrogens with zero attached hydrogens (tertiary/aromatic N) is 4. The molecule has 0 aliphatic carbocycles. The summed E-state index contributed by atoms with van der Waals surface area (Å²) in [5, 5.41) is 3.38. The summed E-state index contributed by atoms with van der Waals surface area (Å²) in [4.78, 5) is 13.8. The highest BCUT2D eigenvalue weighted by molar-refractivity contribution is 5.62. The van der Waals surface area contributed by atoms with E-state index in [1.165, 1.54) is 0 Å². The predicted molar refractivity (Wildman–Crippen MR) is 117 cm³/mol. The van der Waals surface area contributed by atoms with Gasteiger partial charge in [0.25, 0.3) is 0 Å². The van der Waals surface area contributed by atoms with Gasteiger partial charge >= 0.3 is 0 Å². The molecule has 2 aliphatic heterocycles. The Kier molecular flexibility index (Phi) is 5.81. The molecule has 2 fully saturated rings. The average Bonchev–Trinajstić information content (AvgIpc) is 2.67. The number of rotatable bonds is 4. The van der Waals surface area contributed by atoms with Crippen molar-refractivity contribution in [2.75, 3.05) is 41.3 Å². The Morgan fingerprint density at radius 1 is 0.759 bits per heavy atom. The van der Waals surface area contributed by atoms with Crippen LogP contribution in [0.3, 0.4) is 0 Å². The first-order chi connectivity index (χ1) is 14.0. The number of nitrogens with one attached hydrogen (secondary N) is 1. The molecule has 4 atom stereocenters. The molecule has 2 saturated heterocycles. The van der Waals surface area contributed by atoms with Crippen LogP contribution in [0.5, 0.6) is 0 Å². The molecule has 9 N–H and O–H groups in total. The van der Waals surface area contributed by atoms with Gasteiger partial charge in [-0.25, -0.2) is 0 Å². The van der Waals surface area contributed by atoms with Gasteiger partial charge < -0.3 is 38.1 Å². The number of hydrogen-bond donors (Lipinski definition) is 5. The second-order valence-electron chi connectivity index (χ2n) is 8.22. The van der Waals surface area contributed by atoms with Crippen molar-refractivity contribution in [1.82, 2.24) is 9.97 Å². The summed E-state index contributed by atoms with van der Waals surface area (Å²) in [7, 11) is 0. The van der Waals surface area contributed by atoms with Gasteiger partial charge in [0.15, 0.2) is 0 Å². The minimum Gasteiger partial charge on any atom is -0.353 e. The average molecular weight is 398 g/mol. The fourth-order valence-electron chi connectivity index (χ4n) is 4.17. The van der Waals surface area contributed by atoms with Crippen molar-refractivity contribution in [3.63, 3.8) is 0 Å². The summed E-state index contributed by atoms with van der Waals surface area (Å²) in [6.07, 6.45) is 1.63. The quantitative estimate of drug-likeness (QED) is 0.479. The minimum atomic E-state index is 0.00775. The van der Waals surface area contributed by atoms with E-state index in [4.69, 9.17) is 32.9 Å². The van der Waals surface area contributed by atoms with Crippen molar-refractivity contribution >= 4 is 23.3 Å². The zero-order chi connectivity index (χ0) is 20.4. The maximum absolute atomic E-state index is 6.21. The van der Waals surface area contributed by atoms with Gasteiger partial charge in [-0.1, -0.05) is 18.2 Å². The lowest BCUT2D eigenvalue weighted by Gasteiger charge is -2.37. The van der Waals surface area contributed by atoms with Gasteiger partial charge in [0, 0.05) is 62.1 Å². The highest BCUT2D eigenvalue weighted by Crippen LogP contribution is 2.26. The van der Waals surface area contributed by atoms with E-state index >= 15 is 0 Å². The van der Waals surface area contributed by atoms with Gasteiger partial charge in [-0.3, -0.25) is 0 Å². The molecule has 0 saturated carbocycles. The SMILES string of the molecule is NC1CC(N)CN(c2cc(Nc3ccccc3)nc(N3CC(N)CC(N)C3)n2)C1. The molecule has 1 aromatic heterocycles. The largest absolute Gasteiger partial charge is 0.353 e. The minimum absolute atomic E-state index is 0.00775. The summed E-state index contributed by atoms with van der Waals surface area (Å²) in [5.41, 5.74) is 25.8. The third-order valence-corrected chi connectivity index (χ3v) is 5.38. The van der Waals surface area contributed by atoms with Crippen molar-refractivity contribution in [1.29, 1.82) is 0 Å².